The van der Waals surface area contributed by atoms with E-state index >= 15 is 0 Å². The molecule has 0 aromatic rings. The first kappa shape index (κ1) is 9.45. The van der Waals surface area contributed by atoms with Crippen LogP contribution in [0, 0.1) is 50.0 Å². The molecule has 1 saturated heterocycles. The van der Waals surface area contributed by atoms with Gasteiger partial charge in [-0.2, -0.15) is 0 Å². The van der Waals surface area contributed by atoms with Gasteiger partial charge in [0, 0.05) is 50.7 Å². The zero-order chi connectivity index (χ0) is 6.27. The van der Waals surface area contributed by atoms with Crippen molar-refractivity contribution in [2.75, 3.05) is 6.61 Å². The number of hydrogen-bond donors (Lipinski definition) is 1. The van der Waals surface area contributed by atoms with Gasteiger partial charge >= 0.3 is 0 Å². The van der Waals surface area contributed by atoms with Gasteiger partial charge in [0.25, 0.3) is 0 Å². The van der Waals surface area contributed by atoms with E-state index in [0.717, 1.165) is 19.4 Å². The fourth-order valence-electron chi connectivity index (χ4n) is 1.94. The van der Waals surface area contributed by atoms with E-state index in [0.29, 0.717) is 12.0 Å². The van der Waals surface area contributed by atoms with Crippen LogP contribution in [0.25, 0.3) is 0 Å². The number of hydrogen-bond acceptors (Lipinski definition) is 2. The predicted octanol–water partition coefficient (Wildman–Crippen LogP) is 0.546. The maximum Gasteiger partial charge on any atom is 0.0629 e. The Balaban J connectivity index is 0.000000500. The van der Waals surface area contributed by atoms with Crippen molar-refractivity contribution in [3.63, 3.8) is 0 Å². The first-order chi connectivity index (χ1) is 4.36. The van der Waals surface area contributed by atoms with E-state index in [1.54, 1.807) is 0 Å². The molecule has 1 aliphatic carbocycles. The van der Waals surface area contributed by atoms with Crippen molar-refractivity contribution < 1.29 is 53.9 Å². The maximum atomic E-state index is 9.16. The first-order valence-electron chi connectivity index (χ1n) is 3.66. The molecule has 0 unspecified atom stereocenters. The van der Waals surface area contributed by atoms with E-state index in [9.17, 15) is 0 Å². The van der Waals surface area contributed by atoms with Gasteiger partial charge in [0.2, 0.25) is 0 Å². The van der Waals surface area contributed by atoms with Gasteiger partial charge in [-0.05, 0) is 25.2 Å². The maximum absolute atomic E-state index is 9.16. The van der Waals surface area contributed by atoms with Gasteiger partial charge in [0.05, 0.1) is 12.2 Å². The molecule has 0 aromatic heterocycles. The van der Waals surface area contributed by atoms with Crippen molar-refractivity contribution in [1.29, 1.82) is 0 Å². The molecule has 55 valence electrons. The Morgan fingerprint density at radius 1 is 1.30 bits per heavy atom. The Hall–Kier alpha value is 1.36. The molecular formula is C7H12AcO2. The fraction of sp³-hybridized carbons (Fsp3) is 1.00. The molecule has 2 rings (SSSR count). The SMILES string of the molecule is O[C@H]1C[C@H]2CCO[C@H]2C1.[Ac]. The summed E-state index contributed by atoms with van der Waals surface area (Å²) >= 11 is 0. The molecule has 3 atom stereocenters. The number of aliphatic hydroxyl groups is 1. The Labute approximate surface area is 96.9 Å². The van der Waals surface area contributed by atoms with E-state index in [1.165, 1.54) is 6.42 Å². The first-order valence-corrected chi connectivity index (χ1v) is 3.66. The number of ether oxygens (including phenoxy) is 1. The zero-order valence-corrected chi connectivity index (χ0v) is 10.7. The second kappa shape index (κ2) is 3.85. The van der Waals surface area contributed by atoms with Gasteiger partial charge in [0.1, 0.15) is 0 Å². The van der Waals surface area contributed by atoms with E-state index < -0.39 is 0 Å². The van der Waals surface area contributed by atoms with Crippen molar-refractivity contribution >= 4 is 0 Å². The van der Waals surface area contributed by atoms with Gasteiger partial charge in [-0.3, -0.25) is 0 Å². The number of fused-ring (bicyclic) bond motifs is 1. The third kappa shape index (κ3) is 1.75. The van der Waals surface area contributed by atoms with Crippen LogP contribution >= 0.6 is 0 Å². The third-order valence-corrected chi connectivity index (χ3v) is 2.43. The minimum absolute atomic E-state index is 0. The third-order valence-electron chi connectivity index (χ3n) is 2.43. The molecule has 0 amide bonds. The van der Waals surface area contributed by atoms with Gasteiger partial charge in [-0.25, -0.2) is 0 Å². The smallest absolute Gasteiger partial charge is 0.0629 e. The second-order valence-electron chi connectivity index (χ2n) is 3.08. The fourth-order valence-corrected chi connectivity index (χ4v) is 1.94. The number of rotatable bonds is 0. The molecule has 1 heterocycles. The molecule has 2 nitrogen and oxygen atoms in total. The van der Waals surface area contributed by atoms with Crippen LogP contribution < -0.4 is 0 Å². The second-order valence-corrected chi connectivity index (χ2v) is 3.08. The average molecular weight is 355 g/mol. The minimum Gasteiger partial charge on any atom is -0.393 e. The van der Waals surface area contributed by atoms with Gasteiger partial charge < -0.3 is 9.84 Å². The molecule has 1 radical (unpaired) electrons. The van der Waals surface area contributed by atoms with E-state index in [1.807, 2.05) is 0 Å². The molecular weight excluding hydrogens is 343 g/mol. The van der Waals surface area contributed by atoms with Crippen molar-refractivity contribution in [3.8, 4) is 0 Å². The molecule has 1 saturated carbocycles. The van der Waals surface area contributed by atoms with Crippen LogP contribution in [0.5, 0.6) is 0 Å². The normalized spacial score (nSPS) is 44.7. The van der Waals surface area contributed by atoms with Crippen molar-refractivity contribution in [2.45, 2.75) is 31.5 Å². The minimum atomic E-state index is -0.0692. The molecule has 0 bridgehead atoms. The van der Waals surface area contributed by atoms with Gasteiger partial charge in [0.15, 0.2) is 0 Å². The van der Waals surface area contributed by atoms with Crippen molar-refractivity contribution in [1.82, 2.24) is 0 Å². The molecule has 2 aliphatic rings. The van der Waals surface area contributed by atoms with Crippen molar-refractivity contribution in [3.05, 3.63) is 0 Å². The quantitative estimate of drug-likeness (QED) is 0.688. The average Bonchev–Trinajstić information content (AvgIpc) is 2.22. The Morgan fingerprint density at radius 3 is 2.80 bits per heavy atom. The summed E-state index contributed by atoms with van der Waals surface area (Å²) in [4.78, 5) is 0. The summed E-state index contributed by atoms with van der Waals surface area (Å²) in [5.41, 5.74) is 0. The van der Waals surface area contributed by atoms with Crippen LogP contribution in [-0.2, 0) is 4.74 Å². The Morgan fingerprint density at radius 2 is 2.10 bits per heavy atom. The van der Waals surface area contributed by atoms with Crippen LogP contribution in [0.4, 0.5) is 0 Å². The van der Waals surface area contributed by atoms with E-state index in [4.69, 9.17) is 9.84 Å². The summed E-state index contributed by atoms with van der Waals surface area (Å²) in [5, 5.41) is 9.16. The summed E-state index contributed by atoms with van der Waals surface area (Å²) in [6, 6.07) is 0. The summed E-state index contributed by atoms with van der Waals surface area (Å²) in [6.45, 7) is 0.919. The van der Waals surface area contributed by atoms with Crippen LogP contribution in [-0.4, -0.2) is 23.9 Å². The summed E-state index contributed by atoms with van der Waals surface area (Å²) in [5.74, 6) is 0.681. The molecule has 2 fully saturated rings. The van der Waals surface area contributed by atoms with Crippen LogP contribution in [0.1, 0.15) is 19.3 Å². The Bertz CT molecular complexity index is 106. The zero-order valence-electron chi connectivity index (χ0n) is 5.99. The molecule has 10 heavy (non-hydrogen) atoms. The van der Waals surface area contributed by atoms with Crippen LogP contribution in [0.15, 0.2) is 0 Å². The Kier molecular flexibility index (Phi) is 3.64. The van der Waals surface area contributed by atoms with Gasteiger partial charge in [-0.15, -0.1) is 0 Å². The predicted molar refractivity (Wildman–Crippen MR) is 33.1 cm³/mol. The summed E-state index contributed by atoms with van der Waals surface area (Å²) < 4.78 is 5.39. The standard InChI is InChI=1S/C7H12O2.Ac/c8-6-3-5-1-2-9-7(5)4-6;/h5-8H,1-4H2;/t5-,6+,7+;/m1./s1. The molecule has 0 aromatic carbocycles. The summed E-state index contributed by atoms with van der Waals surface area (Å²) in [7, 11) is 0. The number of aliphatic hydroxyl groups excluding tert-OH is 1. The van der Waals surface area contributed by atoms with E-state index in [-0.39, 0.29) is 50.2 Å². The van der Waals surface area contributed by atoms with Crippen LogP contribution in [0.3, 0.4) is 0 Å². The molecule has 0 spiro atoms. The molecule has 3 heteroatoms. The molecule has 1 aliphatic heterocycles. The monoisotopic (exact) mass is 355 g/mol. The largest absolute Gasteiger partial charge is 0.393 e. The summed E-state index contributed by atoms with van der Waals surface area (Å²) in [6.07, 6.45) is 3.36. The van der Waals surface area contributed by atoms with E-state index in [2.05, 4.69) is 0 Å². The van der Waals surface area contributed by atoms with Crippen LogP contribution in [0.2, 0.25) is 0 Å². The van der Waals surface area contributed by atoms with Crippen molar-refractivity contribution in [2.24, 2.45) is 5.92 Å². The molecule has 1 N–H and O–H groups in total. The topological polar surface area (TPSA) is 29.5 Å². The van der Waals surface area contributed by atoms with Gasteiger partial charge in [-0.1, -0.05) is 0 Å².